The Kier molecular flexibility index (Phi) is 6.11. The lowest BCUT2D eigenvalue weighted by molar-refractivity contribution is 0.366. The van der Waals surface area contributed by atoms with Crippen LogP contribution < -0.4 is 9.44 Å². The summed E-state index contributed by atoms with van der Waals surface area (Å²) < 4.78 is 41.2. The molecule has 1 fully saturated rings. The van der Waals surface area contributed by atoms with Gasteiger partial charge in [0, 0.05) is 23.8 Å². The van der Waals surface area contributed by atoms with E-state index in [1.54, 1.807) is 11.3 Å². The first-order valence-corrected chi connectivity index (χ1v) is 9.49. The van der Waals surface area contributed by atoms with Crippen molar-refractivity contribution in [1.82, 2.24) is 4.58 Å². The largest absolute Gasteiger partial charge is 0.726 e. The van der Waals surface area contributed by atoms with Crippen LogP contribution in [0.5, 0.6) is 0 Å². The quantitative estimate of drug-likeness (QED) is 0.480. The molecule has 1 aliphatic heterocycles. The molecule has 0 unspecified atom stereocenters. The fourth-order valence-electron chi connectivity index (χ4n) is 2.31. The zero-order valence-electron chi connectivity index (χ0n) is 12.8. The van der Waals surface area contributed by atoms with Gasteiger partial charge in [0.15, 0.2) is 5.76 Å². The molecule has 2 aromatic rings. The second-order valence-corrected chi connectivity index (χ2v) is 6.99. The second kappa shape index (κ2) is 7.87. The van der Waals surface area contributed by atoms with Crippen LogP contribution in [0.4, 0.5) is 0 Å². The molecule has 0 atom stereocenters. The summed E-state index contributed by atoms with van der Waals surface area (Å²) in [7, 11) is -4.92. The fourth-order valence-corrected chi connectivity index (χ4v) is 3.17. The Labute approximate surface area is 139 Å². The summed E-state index contributed by atoms with van der Waals surface area (Å²) in [6.07, 6.45) is 3.92. The minimum absolute atomic E-state index is 0.987. The van der Waals surface area contributed by atoms with Crippen molar-refractivity contribution in [2.24, 2.45) is 0 Å². The molecule has 0 saturated carbocycles. The third kappa shape index (κ3) is 6.26. The Morgan fingerprint density at radius 1 is 1.17 bits per heavy atom. The van der Waals surface area contributed by atoms with E-state index < -0.39 is 10.4 Å². The van der Waals surface area contributed by atoms with E-state index in [4.69, 9.17) is 21.9 Å². The molecule has 0 amide bonds. The Bertz CT molecular complexity index is 787. The third-order valence-corrected chi connectivity index (χ3v) is 4.29. The topological polar surface area (TPSA) is 93.6 Å². The van der Waals surface area contributed by atoms with Crippen molar-refractivity contribution in [2.45, 2.75) is 26.2 Å². The zero-order chi connectivity index (χ0) is 16.9. The van der Waals surface area contributed by atoms with Gasteiger partial charge in [0.1, 0.15) is 13.1 Å². The highest BCUT2D eigenvalue weighted by Gasteiger charge is 2.15. The minimum Gasteiger partial charge on any atom is -0.726 e. The van der Waals surface area contributed by atoms with Crippen LogP contribution in [0.3, 0.4) is 0 Å². The van der Waals surface area contributed by atoms with Crippen LogP contribution in [-0.2, 0) is 10.4 Å². The number of hydrogen-bond acceptors (Lipinski definition) is 5. The number of piperidine rings is 1. The Morgan fingerprint density at radius 3 is 2.30 bits per heavy atom. The number of rotatable bonds is 1. The molecule has 1 saturated heterocycles. The average Bonchev–Trinajstić information content (AvgIpc) is 2.97. The standard InChI is InChI=1S/C15H18NOS.H2O4S/c1-12-5-7-13(8-6-12)14-11-18-15(17-14)16-9-3-2-4-10-16;1-5(2,3)4/h5-8,11H,2-4,9-10H2,1H3;(H2,1,2,3,4)/q+1;/p-1. The molecule has 1 N–H and O–H groups in total. The van der Waals surface area contributed by atoms with Crippen molar-refractivity contribution < 1.29 is 21.9 Å². The Hall–Kier alpha value is -1.48. The van der Waals surface area contributed by atoms with Gasteiger partial charge in [-0.2, -0.15) is 4.58 Å². The molecule has 1 aliphatic rings. The first-order valence-electron chi connectivity index (χ1n) is 7.25. The molecule has 0 aliphatic carbocycles. The van der Waals surface area contributed by atoms with Gasteiger partial charge in [0.2, 0.25) is 10.4 Å². The monoisotopic (exact) mass is 357 g/mol. The van der Waals surface area contributed by atoms with E-state index >= 15 is 0 Å². The summed E-state index contributed by atoms with van der Waals surface area (Å²) in [6, 6.07) is 8.51. The molecule has 1 aromatic heterocycles. The number of aryl methyl sites for hydroxylation is 1. The van der Waals surface area contributed by atoms with Crippen molar-refractivity contribution >= 4 is 21.7 Å². The van der Waals surface area contributed by atoms with Crippen molar-refractivity contribution in [3.05, 3.63) is 40.1 Å². The molecule has 23 heavy (non-hydrogen) atoms. The highest BCUT2D eigenvalue weighted by Crippen LogP contribution is 2.19. The number of nitrogens with zero attached hydrogens (tertiary/aromatic N) is 1. The molecule has 0 bridgehead atoms. The number of benzene rings is 1. The third-order valence-electron chi connectivity index (χ3n) is 3.41. The molecule has 0 spiro atoms. The van der Waals surface area contributed by atoms with Crippen molar-refractivity contribution in [3.63, 3.8) is 0 Å². The predicted molar refractivity (Wildman–Crippen MR) is 87.9 cm³/mol. The van der Waals surface area contributed by atoms with Gasteiger partial charge in [-0.05, 0) is 24.7 Å². The van der Waals surface area contributed by atoms with Gasteiger partial charge in [0.05, 0.1) is 0 Å². The average molecular weight is 357 g/mol. The lowest BCUT2D eigenvalue weighted by Crippen LogP contribution is -2.32. The molecule has 0 radical (unpaired) electrons. The van der Waals surface area contributed by atoms with Crippen LogP contribution in [0.2, 0.25) is 0 Å². The highest BCUT2D eigenvalue weighted by molar-refractivity contribution is 7.79. The molecular formula is C15H19NO5S2. The van der Waals surface area contributed by atoms with Crippen molar-refractivity contribution in [3.8, 4) is 11.3 Å². The summed E-state index contributed by atoms with van der Waals surface area (Å²) >= 11 is 1.71. The first-order chi connectivity index (χ1) is 10.8. The van der Waals surface area contributed by atoms with Gasteiger partial charge < -0.3 is 8.97 Å². The Balaban J connectivity index is 0.000000338. The van der Waals surface area contributed by atoms with Gasteiger partial charge in [-0.25, -0.2) is 8.42 Å². The maximum atomic E-state index is 8.63. The molecule has 8 heteroatoms. The normalized spacial score (nSPS) is 15.0. The molecule has 1 aromatic carbocycles. The lowest BCUT2D eigenvalue weighted by atomic mass is 10.1. The smallest absolute Gasteiger partial charge is 0.430 e. The van der Waals surface area contributed by atoms with Crippen LogP contribution in [0.15, 0.2) is 34.1 Å². The van der Waals surface area contributed by atoms with E-state index in [0.717, 1.165) is 23.7 Å². The van der Waals surface area contributed by atoms with Gasteiger partial charge >= 0.3 is 4.87 Å². The van der Waals surface area contributed by atoms with Crippen LogP contribution in [0, 0.1) is 6.92 Å². The summed E-state index contributed by atoms with van der Waals surface area (Å²) in [4.78, 5) is 1.06. The van der Waals surface area contributed by atoms with Gasteiger partial charge in [0.25, 0.3) is 0 Å². The molecule has 3 rings (SSSR count). The van der Waals surface area contributed by atoms with E-state index in [1.165, 1.54) is 30.4 Å². The minimum atomic E-state index is -4.92. The maximum absolute atomic E-state index is 8.63. The van der Waals surface area contributed by atoms with Gasteiger partial charge in [-0.15, -0.1) is 0 Å². The summed E-state index contributed by atoms with van der Waals surface area (Å²) in [5.41, 5.74) is 2.45. The summed E-state index contributed by atoms with van der Waals surface area (Å²) in [6.45, 7) is 4.38. The van der Waals surface area contributed by atoms with Crippen LogP contribution in [0.25, 0.3) is 11.3 Å². The van der Waals surface area contributed by atoms with Gasteiger partial charge in [-0.1, -0.05) is 29.8 Å². The first kappa shape index (κ1) is 17.9. The van der Waals surface area contributed by atoms with E-state index in [0.29, 0.717) is 0 Å². The molecular weight excluding hydrogens is 338 g/mol. The van der Waals surface area contributed by atoms with Crippen LogP contribution in [-0.4, -0.2) is 30.6 Å². The van der Waals surface area contributed by atoms with E-state index in [2.05, 4.69) is 41.1 Å². The number of hydrogen-bond donors (Lipinski definition) is 1. The van der Waals surface area contributed by atoms with E-state index in [1.807, 2.05) is 0 Å². The van der Waals surface area contributed by atoms with E-state index in [-0.39, 0.29) is 0 Å². The highest BCUT2D eigenvalue weighted by atomic mass is 32.3. The molecule has 2 heterocycles. The lowest BCUT2D eigenvalue weighted by Gasteiger charge is -2.06. The molecule has 6 nitrogen and oxygen atoms in total. The Morgan fingerprint density at radius 2 is 1.74 bits per heavy atom. The predicted octanol–water partition coefficient (Wildman–Crippen LogP) is 2.28. The van der Waals surface area contributed by atoms with Crippen LogP contribution in [0.1, 0.15) is 24.8 Å². The summed E-state index contributed by atoms with van der Waals surface area (Å²) in [5, 5.41) is 2.12. The molecule has 126 valence electrons. The fraction of sp³-hybridized carbons (Fsp3) is 0.400. The summed E-state index contributed by atoms with van der Waals surface area (Å²) in [5.74, 6) is 0.987. The van der Waals surface area contributed by atoms with Gasteiger partial charge in [-0.3, -0.25) is 4.55 Å². The maximum Gasteiger partial charge on any atom is 0.430 e. The SMILES string of the molecule is Cc1ccc(-c2csc(=[N+]3CCCCC3)o2)cc1.O=S(=O)([O-])O. The van der Waals surface area contributed by atoms with Crippen molar-refractivity contribution in [1.29, 1.82) is 0 Å². The second-order valence-electron chi connectivity index (χ2n) is 5.31. The van der Waals surface area contributed by atoms with Crippen LogP contribution >= 0.6 is 11.3 Å². The van der Waals surface area contributed by atoms with E-state index in [9.17, 15) is 0 Å². The van der Waals surface area contributed by atoms with Crippen molar-refractivity contribution in [2.75, 3.05) is 13.1 Å². The zero-order valence-corrected chi connectivity index (χ0v) is 14.4.